The number of fused-ring (bicyclic) bond motifs is 1. The number of anilines is 5. The lowest BCUT2D eigenvalue weighted by atomic mass is 10.1. The SMILES string of the molecule is C[n+]1ccc(Nc2ccc(NC(=O)c3ccc(Nc4cc[n+](C)c5ccc([N+](=O)[O-])cc45)cc3[N+](=O)[O-])cc2)cc1.[Cl-]. The summed E-state index contributed by atoms with van der Waals surface area (Å²) in [7, 11) is 3.74. The number of hydrogen-bond donors (Lipinski definition) is 3. The first-order valence-electron chi connectivity index (χ1n) is 12.4. The molecule has 5 aromatic rings. The second-order valence-corrected chi connectivity index (χ2v) is 9.32. The number of hydrogen-bond acceptors (Lipinski definition) is 7. The molecule has 0 fully saturated rings. The molecule has 12 nitrogen and oxygen atoms in total. The largest absolute Gasteiger partial charge is 1.00 e. The van der Waals surface area contributed by atoms with Gasteiger partial charge in [0.1, 0.15) is 19.7 Å². The van der Waals surface area contributed by atoms with Crippen molar-refractivity contribution in [2.24, 2.45) is 14.1 Å². The molecular formula is C29H25ClN7O5+. The highest BCUT2D eigenvalue weighted by Crippen LogP contribution is 2.31. The molecule has 0 unspecified atom stereocenters. The molecule has 3 aromatic carbocycles. The molecule has 2 aromatic heterocycles. The minimum absolute atomic E-state index is 0. The molecule has 0 saturated heterocycles. The fourth-order valence-electron chi connectivity index (χ4n) is 4.32. The third kappa shape index (κ3) is 6.40. The average molecular weight is 587 g/mol. The number of carbonyl (C=O) groups excluding carboxylic acids is 1. The van der Waals surface area contributed by atoms with Crippen molar-refractivity contribution in [1.29, 1.82) is 0 Å². The smallest absolute Gasteiger partial charge is 0.284 e. The molecule has 212 valence electrons. The minimum atomic E-state index is -0.632. The van der Waals surface area contributed by atoms with Gasteiger partial charge >= 0.3 is 0 Å². The van der Waals surface area contributed by atoms with Crippen molar-refractivity contribution in [3.05, 3.63) is 123 Å². The molecule has 1 amide bonds. The van der Waals surface area contributed by atoms with Crippen LogP contribution in [0.25, 0.3) is 10.9 Å². The van der Waals surface area contributed by atoms with Gasteiger partial charge < -0.3 is 28.4 Å². The van der Waals surface area contributed by atoms with Crippen LogP contribution in [-0.4, -0.2) is 15.8 Å². The molecule has 13 heteroatoms. The molecule has 0 aliphatic carbocycles. The van der Waals surface area contributed by atoms with Crippen molar-refractivity contribution in [3.63, 3.8) is 0 Å². The molecule has 2 heterocycles. The summed E-state index contributed by atoms with van der Waals surface area (Å²) in [5.74, 6) is -0.632. The van der Waals surface area contributed by atoms with Crippen LogP contribution in [0.2, 0.25) is 0 Å². The minimum Gasteiger partial charge on any atom is -1.00 e. The van der Waals surface area contributed by atoms with E-state index in [1.165, 1.54) is 24.3 Å². The third-order valence-electron chi connectivity index (χ3n) is 6.45. The standard InChI is InChI=1S/C29H23N7O5.ClH/c1-33-14-11-21(12-15-33)30-19-3-5-20(6-4-19)32-29(37)24-9-7-22(17-28(24)36(40)41)31-26-13-16-34(2)27-10-8-23(35(38)39)18-25(26)27;/h3-18H,1-2H3,(H,32,37);1H/p+1. The van der Waals surface area contributed by atoms with Gasteiger partial charge in [0.2, 0.25) is 5.52 Å². The lowest BCUT2D eigenvalue weighted by Crippen LogP contribution is -3.00. The fourth-order valence-corrected chi connectivity index (χ4v) is 4.32. The van der Waals surface area contributed by atoms with Gasteiger partial charge in [-0.15, -0.1) is 0 Å². The van der Waals surface area contributed by atoms with Crippen LogP contribution in [0, 0.1) is 20.2 Å². The summed E-state index contributed by atoms with van der Waals surface area (Å²) in [5, 5.41) is 32.9. The summed E-state index contributed by atoms with van der Waals surface area (Å²) in [4.78, 5) is 35.1. The van der Waals surface area contributed by atoms with Gasteiger partial charge in [-0.25, -0.2) is 9.13 Å². The van der Waals surface area contributed by atoms with E-state index in [1.54, 1.807) is 48.7 Å². The number of amides is 1. The summed E-state index contributed by atoms with van der Waals surface area (Å²) in [6.07, 6.45) is 5.60. The van der Waals surface area contributed by atoms with Crippen molar-refractivity contribution in [2.75, 3.05) is 16.0 Å². The fraction of sp³-hybridized carbons (Fsp3) is 0.0690. The highest BCUT2D eigenvalue weighted by atomic mass is 35.5. The van der Waals surface area contributed by atoms with E-state index in [1.807, 2.05) is 47.8 Å². The Morgan fingerprint density at radius 1 is 0.714 bits per heavy atom. The molecule has 0 aliphatic heterocycles. The van der Waals surface area contributed by atoms with E-state index < -0.39 is 15.8 Å². The number of carbonyl (C=O) groups is 1. The lowest BCUT2D eigenvalue weighted by Gasteiger charge is -2.11. The summed E-state index contributed by atoms with van der Waals surface area (Å²) in [5.41, 5.74) is 3.20. The highest BCUT2D eigenvalue weighted by Gasteiger charge is 2.22. The number of nitrogens with zero attached hydrogens (tertiary/aromatic N) is 4. The first-order chi connectivity index (χ1) is 19.7. The van der Waals surface area contributed by atoms with Gasteiger partial charge in [-0.1, -0.05) is 0 Å². The Morgan fingerprint density at radius 2 is 1.36 bits per heavy atom. The Balaban J connectivity index is 0.00000405. The summed E-state index contributed by atoms with van der Waals surface area (Å²) in [6.45, 7) is 0. The quantitative estimate of drug-likeness (QED) is 0.143. The van der Waals surface area contributed by atoms with Gasteiger partial charge in [-0.3, -0.25) is 25.0 Å². The Morgan fingerprint density at radius 3 is 2.02 bits per heavy atom. The number of benzene rings is 3. The van der Waals surface area contributed by atoms with Crippen LogP contribution in [0.5, 0.6) is 0 Å². The van der Waals surface area contributed by atoms with Crippen LogP contribution < -0.4 is 37.5 Å². The molecule has 0 atom stereocenters. The van der Waals surface area contributed by atoms with E-state index in [0.717, 1.165) is 16.9 Å². The number of halogens is 1. The number of nitrogens with one attached hydrogen (secondary N) is 3. The molecule has 0 aliphatic rings. The number of non-ortho nitro benzene ring substituents is 1. The first kappa shape index (κ1) is 29.4. The van der Waals surface area contributed by atoms with Crippen LogP contribution in [0.1, 0.15) is 10.4 Å². The topological polar surface area (TPSA) is 147 Å². The Hall–Kier alpha value is -5.62. The second-order valence-electron chi connectivity index (χ2n) is 9.32. The Bertz CT molecular complexity index is 1810. The molecule has 0 saturated carbocycles. The molecule has 0 bridgehead atoms. The Kier molecular flexibility index (Phi) is 8.58. The number of aromatic nitrogens is 2. The summed E-state index contributed by atoms with van der Waals surface area (Å²) < 4.78 is 3.73. The molecule has 0 spiro atoms. The van der Waals surface area contributed by atoms with Crippen LogP contribution >= 0.6 is 0 Å². The maximum absolute atomic E-state index is 13.0. The molecular weight excluding hydrogens is 562 g/mol. The summed E-state index contributed by atoms with van der Waals surface area (Å²) >= 11 is 0. The predicted molar refractivity (Wildman–Crippen MR) is 153 cm³/mol. The van der Waals surface area contributed by atoms with Gasteiger partial charge in [0.05, 0.1) is 26.6 Å². The molecule has 3 N–H and O–H groups in total. The van der Waals surface area contributed by atoms with Crippen LogP contribution in [0.3, 0.4) is 0 Å². The number of pyridine rings is 2. The molecule has 0 radical (unpaired) electrons. The average Bonchev–Trinajstić information content (AvgIpc) is 2.96. The van der Waals surface area contributed by atoms with Crippen LogP contribution in [0.15, 0.2) is 97.5 Å². The van der Waals surface area contributed by atoms with E-state index in [9.17, 15) is 25.0 Å². The zero-order valence-electron chi connectivity index (χ0n) is 22.4. The zero-order chi connectivity index (χ0) is 29.1. The van der Waals surface area contributed by atoms with Crippen LogP contribution in [0.4, 0.5) is 39.8 Å². The van der Waals surface area contributed by atoms with Crippen molar-refractivity contribution in [3.8, 4) is 0 Å². The van der Waals surface area contributed by atoms with E-state index in [-0.39, 0.29) is 29.3 Å². The van der Waals surface area contributed by atoms with Crippen molar-refractivity contribution >= 4 is 56.6 Å². The number of nitro groups is 2. The molecule has 42 heavy (non-hydrogen) atoms. The number of nitro benzene ring substituents is 2. The van der Waals surface area contributed by atoms with Crippen molar-refractivity contribution < 1.29 is 36.2 Å². The third-order valence-corrected chi connectivity index (χ3v) is 6.45. The highest BCUT2D eigenvalue weighted by molar-refractivity contribution is 6.07. The van der Waals surface area contributed by atoms with Gasteiger partial charge in [0.15, 0.2) is 18.6 Å². The Labute approximate surface area is 246 Å². The number of aryl methyl sites for hydroxylation is 2. The van der Waals surface area contributed by atoms with Crippen molar-refractivity contribution in [2.45, 2.75) is 0 Å². The lowest BCUT2D eigenvalue weighted by molar-refractivity contribution is -0.671. The van der Waals surface area contributed by atoms with Gasteiger partial charge in [0, 0.05) is 59.5 Å². The van der Waals surface area contributed by atoms with E-state index in [2.05, 4.69) is 16.0 Å². The maximum atomic E-state index is 13.0. The van der Waals surface area contributed by atoms with Crippen molar-refractivity contribution in [1.82, 2.24) is 0 Å². The van der Waals surface area contributed by atoms with E-state index in [4.69, 9.17) is 0 Å². The monoisotopic (exact) mass is 586 g/mol. The number of rotatable bonds is 8. The molecule has 5 rings (SSSR count). The van der Waals surface area contributed by atoms with E-state index >= 15 is 0 Å². The van der Waals surface area contributed by atoms with Gasteiger partial charge in [-0.05, 0) is 36.4 Å². The van der Waals surface area contributed by atoms with E-state index in [0.29, 0.717) is 22.4 Å². The normalized spacial score (nSPS) is 10.4. The predicted octanol–water partition coefficient (Wildman–Crippen LogP) is 2.05. The van der Waals surface area contributed by atoms with Gasteiger partial charge in [-0.2, -0.15) is 0 Å². The summed E-state index contributed by atoms with van der Waals surface area (Å²) in [6, 6.07) is 21.2. The zero-order valence-corrected chi connectivity index (χ0v) is 23.2. The van der Waals surface area contributed by atoms with Gasteiger partial charge in [0.25, 0.3) is 17.3 Å². The van der Waals surface area contributed by atoms with Crippen LogP contribution in [-0.2, 0) is 14.1 Å². The maximum Gasteiger partial charge on any atom is 0.284 e. The second kappa shape index (κ2) is 12.3. The first-order valence-corrected chi connectivity index (χ1v) is 12.4.